The molecule has 1 aromatic heterocycles. The quantitative estimate of drug-likeness (QED) is 0.366. The van der Waals surface area contributed by atoms with Crippen LogP contribution in [0, 0.1) is 5.82 Å². The second-order valence-electron chi connectivity index (χ2n) is 7.80. The average molecular weight is 510 g/mol. The van der Waals surface area contributed by atoms with Gasteiger partial charge in [-0.2, -0.15) is 13.2 Å². The molecule has 35 heavy (non-hydrogen) atoms. The number of carbonyl (C=O) groups is 1. The van der Waals surface area contributed by atoms with Crippen molar-refractivity contribution >= 4 is 17.5 Å². The van der Waals surface area contributed by atoms with E-state index in [0.29, 0.717) is 34.7 Å². The molecule has 0 aliphatic heterocycles. The van der Waals surface area contributed by atoms with Crippen molar-refractivity contribution in [1.82, 2.24) is 15.6 Å². The van der Waals surface area contributed by atoms with Crippen LogP contribution in [0.1, 0.15) is 40.9 Å². The molecule has 0 fully saturated rings. The maximum absolute atomic E-state index is 13.5. The third-order valence-corrected chi connectivity index (χ3v) is 5.81. The van der Waals surface area contributed by atoms with Gasteiger partial charge in [-0.15, -0.1) is 0 Å². The van der Waals surface area contributed by atoms with Crippen molar-refractivity contribution in [3.05, 3.63) is 94.0 Å². The van der Waals surface area contributed by atoms with Crippen LogP contribution in [0.3, 0.4) is 0 Å². The Morgan fingerprint density at radius 1 is 1.09 bits per heavy atom. The van der Waals surface area contributed by atoms with E-state index in [1.807, 2.05) is 0 Å². The topological polar surface area (TPSA) is 63.2 Å². The molecule has 1 amide bonds. The number of ether oxygens (including phenoxy) is 1. The number of methoxy groups -OCH3 is 1. The van der Waals surface area contributed by atoms with Gasteiger partial charge in [0.25, 0.3) is 0 Å². The normalized spacial score (nSPS) is 13.2. The Labute approximate surface area is 205 Å². The molecule has 0 spiro atoms. The molecule has 0 radical (unpaired) electrons. The second kappa shape index (κ2) is 11.5. The van der Waals surface area contributed by atoms with E-state index in [1.54, 1.807) is 18.2 Å². The highest BCUT2D eigenvalue weighted by Gasteiger charge is 2.32. The van der Waals surface area contributed by atoms with Gasteiger partial charge in [0.15, 0.2) is 0 Å². The molecule has 3 rings (SSSR count). The Kier molecular flexibility index (Phi) is 8.69. The highest BCUT2D eigenvalue weighted by Crippen LogP contribution is 2.32. The number of hydrogen-bond donors (Lipinski definition) is 2. The van der Waals surface area contributed by atoms with Gasteiger partial charge in [-0.1, -0.05) is 35.9 Å². The summed E-state index contributed by atoms with van der Waals surface area (Å²) in [5, 5.41) is 6.31. The number of amides is 1. The van der Waals surface area contributed by atoms with Crippen molar-refractivity contribution in [1.29, 1.82) is 0 Å². The van der Waals surface area contributed by atoms with Gasteiger partial charge in [0, 0.05) is 19.3 Å². The van der Waals surface area contributed by atoms with Gasteiger partial charge in [-0.25, -0.2) is 4.39 Å². The van der Waals surface area contributed by atoms with E-state index in [9.17, 15) is 22.4 Å². The Bertz CT molecular complexity index is 1140. The third-order valence-electron chi connectivity index (χ3n) is 5.49. The number of hydrogen-bond acceptors (Lipinski definition) is 4. The lowest BCUT2D eigenvalue weighted by molar-refractivity contribution is -0.141. The Morgan fingerprint density at radius 2 is 1.77 bits per heavy atom. The summed E-state index contributed by atoms with van der Waals surface area (Å²) in [6.07, 6.45) is -2.54. The number of pyridine rings is 1. The summed E-state index contributed by atoms with van der Waals surface area (Å²) in [4.78, 5) is 16.2. The van der Waals surface area contributed by atoms with Crippen LogP contribution in [0.2, 0.25) is 5.02 Å². The molecule has 0 saturated carbocycles. The largest absolute Gasteiger partial charge is 0.495 e. The number of halogens is 5. The summed E-state index contributed by atoms with van der Waals surface area (Å²) in [6, 6.07) is 11.8. The maximum Gasteiger partial charge on any atom is 0.433 e. The number of likely N-dealkylation sites (N-methyl/N-ethyl adjacent to an activating group) is 1. The molecule has 0 bridgehead atoms. The van der Waals surface area contributed by atoms with Gasteiger partial charge >= 0.3 is 6.18 Å². The van der Waals surface area contributed by atoms with Crippen molar-refractivity contribution in [2.45, 2.75) is 31.1 Å². The number of benzene rings is 2. The number of aromatic nitrogens is 1. The lowest BCUT2D eigenvalue weighted by Gasteiger charge is -2.26. The summed E-state index contributed by atoms with van der Waals surface area (Å²) in [5.41, 5.74) is 0.938. The van der Waals surface area contributed by atoms with Gasteiger partial charge in [0.2, 0.25) is 5.91 Å². The molecular weight excluding hydrogens is 486 g/mol. The highest BCUT2D eigenvalue weighted by molar-refractivity contribution is 6.32. The predicted molar refractivity (Wildman–Crippen MR) is 125 cm³/mol. The molecule has 0 saturated heterocycles. The van der Waals surface area contributed by atoms with E-state index in [1.165, 1.54) is 50.7 Å². The van der Waals surface area contributed by atoms with Crippen molar-refractivity contribution in [3.8, 4) is 5.75 Å². The minimum absolute atomic E-state index is 0.335. The monoisotopic (exact) mass is 509 g/mol. The molecule has 5 nitrogen and oxygen atoms in total. The van der Waals surface area contributed by atoms with Gasteiger partial charge in [-0.3, -0.25) is 15.1 Å². The van der Waals surface area contributed by atoms with Crippen molar-refractivity contribution in [2.24, 2.45) is 0 Å². The third kappa shape index (κ3) is 6.93. The first kappa shape index (κ1) is 26.4. The number of nitrogens with one attached hydrogen (secondary N) is 2. The van der Waals surface area contributed by atoms with Crippen LogP contribution >= 0.6 is 11.6 Å². The zero-order chi connectivity index (χ0) is 25.6. The summed E-state index contributed by atoms with van der Waals surface area (Å²) < 4.78 is 57.3. The first-order chi connectivity index (χ1) is 16.6. The number of nitrogens with zero attached hydrogens (tertiary/aromatic N) is 1. The van der Waals surface area contributed by atoms with E-state index in [0.717, 1.165) is 11.6 Å². The first-order valence-electron chi connectivity index (χ1n) is 10.7. The summed E-state index contributed by atoms with van der Waals surface area (Å²) in [7, 11) is 2.97. The average Bonchev–Trinajstić information content (AvgIpc) is 2.84. The molecule has 3 aromatic rings. The number of carbonyl (C=O) groups excluding carboxylic acids is 1. The van der Waals surface area contributed by atoms with Crippen LogP contribution in [0.4, 0.5) is 17.6 Å². The number of rotatable bonds is 9. The SMILES string of the molecule is CNC(=O)[C@H](N[C@@H](CCc1ccc(C(F)(F)F)nc1)c1ccc(Cl)c(OC)c1)c1ccc(F)cc1. The Morgan fingerprint density at radius 3 is 2.34 bits per heavy atom. The van der Waals surface area contributed by atoms with Crippen LogP contribution in [-0.4, -0.2) is 25.0 Å². The van der Waals surface area contributed by atoms with E-state index in [-0.39, 0.29) is 5.91 Å². The summed E-state index contributed by atoms with van der Waals surface area (Å²) in [5.74, 6) is -0.331. The Hall–Kier alpha value is -3.17. The minimum atomic E-state index is -4.52. The molecule has 0 aliphatic carbocycles. The fourth-order valence-corrected chi connectivity index (χ4v) is 3.81. The lowest BCUT2D eigenvalue weighted by Crippen LogP contribution is -2.38. The molecule has 1 heterocycles. The van der Waals surface area contributed by atoms with Crippen LogP contribution in [0.25, 0.3) is 0 Å². The molecule has 2 aromatic carbocycles. The van der Waals surface area contributed by atoms with Gasteiger partial charge < -0.3 is 10.1 Å². The number of alkyl halides is 3. The highest BCUT2D eigenvalue weighted by atomic mass is 35.5. The van der Waals surface area contributed by atoms with Crippen molar-refractivity contribution in [3.63, 3.8) is 0 Å². The maximum atomic E-state index is 13.5. The fourth-order valence-electron chi connectivity index (χ4n) is 3.61. The van der Waals surface area contributed by atoms with Gasteiger partial charge in [0.1, 0.15) is 23.3 Å². The molecule has 2 atom stereocenters. The summed E-state index contributed by atoms with van der Waals surface area (Å²) in [6.45, 7) is 0. The fraction of sp³-hybridized carbons (Fsp3) is 0.280. The van der Waals surface area contributed by atoms with Crippen molar-refractivity contribution in [2.75, 3.05) is 14.2 Å². The van der Waals surface area contributed by atoms with E-state index in [4.69, 9.17) is 16.3 Å². The van der Waals surface area contributed by atoms with Crippen LogP contribution in [0.5, 0.6) is 5.75 Å². The van der Waals surface area contributed by atoms with Crippen molar-refractivity contribution < 1.29 is 27.1 Å². The van der Waals surface area contributed by atoms with E-state index >= 15 is 0 Å². The molecule has 10 heteroatoms. The molecule has 0 unspecified atom stereocenters. The van der Waals surface area contributed by atoms with Gasteiger partial charge in [0.05, 0.1) is 12.1 Å². The minimum Gasteiger partial charge on any atom is -0.495 e. The van der Waals surface area contributed by atoms with E-state index < -0.39 is 29.8 Å². The number of aryl methyl sites for hydroxylation is 1. The van der Waals surface area contributed by atoms with E-state index in [2.05, 4.69) is 15.6 Å². The van der Waals surface area contributed by atoms with Crippen LogP contribution < -0.4 is 15.4 Å². The smallest absolute Gasteiger partial charge is 0.433 e. The second-order valence-corrected chi connectivity index (χ2v) is 8.21. The zero-order valence-electron chi connectivity index (χ0n) is 19.0. The molecule has 186 valence electrons. The first-order valence-corrected chi connectivity index (χ1v) is 11.1. The van der Waals surface area contributed by atoms with Crippen LogP contribution in [0.15, 0.2) is 60.8 Å². The standard InChI is InChI=1S/C25H24ClF4N3O2/c1-31-24(34)23(16-5-8-18(27)9-6-16)33-20(17-7-10-19(26)21(13-17)35-2)11-3-15-4-12-22(32-14-15)25(28,29)30/h4-10,12-14,20,23,33H,3,11H2,1-2H3,(H,31,34)/t20-,23+/m0/s1. The summed E-state index contributed by atoms with van der Waals surface area (Å²) >= 11 is 6.17. The molecular formula is C25H24ClF4N3O2. The molecule has 0 aliphatic rings. The van der Waals surface area contributed by atoms with Gasteiger partial charge in [-0.05, 0) is 59.9 Å². The lowest BCUT2D eigenvalue weighted by atomic mass is 9.96. The van der Waals surface area contributed by atoms with Crippen LogP contribution in [-0.2, 0) is 17.4 Å². The zero-order valence-corrected chi connectivity index (χ0v) is 19.8. The Balaban J connectivity index is 1.91. The predicted octanol–water partition coefficient (Wildman–Crippen LogP) is 5.65. The molecule has 2 N–H and O–H groups in total.